The van der Waals surface area contributed by atoms with Crippen LogP contribution < -0.4 is 5.32 Å². The number of rotatable bonds is 3. The first-order chi connectivity index (χ1) is 5.29. The third kappa shape index (κ3) is 2.29. The second kappa shape index (κ2) is 3.85. The number of carbonyl (C=O) groups is 1. The van der Waals surface area contributed by atoms with Gasteiger partial charge in [-0.05, 0) is 12.7 Å². The van der Waals surface area contributed by atoms with Crippen molar-refractivity contribution in [3.8, 4) is 0 Å². The van der Waals surface area contributed by atoms with Crippen molar-refractivity contribution in [1.29, 1.82) is 0 Å². The predicted molar refractivity (Wildman–Crippen MR) is 47.7 cm³/mol. The molecular formula is C7H14N2OS. The van der Waals surface area contributed by atoms with Crippen LogP contribution in [-0.4, -0.2) is 35.7 Å². The Bertz CT molecular complexity index is 151. The van der Waals surface area contributed by atoms with Gasteiger partial charge in [-0.1, -0.05) is 6.92 Å². The Kier molecular flexibility index (Phi) is 3.05. The number of nitrogens with zero attached hydrogens (tertiary/aromatic N) is 1. The van der Waals surface area contributed by atoms with Crippen molar-refractivity contribution < 1.29 is 4.79 Å². The molecule has 1 rings (SSSR count). The van der Waals surface area contributed by atoms with Gasteiger partial charge in [-0.25, -0.2) is 4.79 Å². The van der Waals surface area contributed by atoms with Gasteiger partial charge >= 0.3 is 6.03 Å². The lowest BCUT2D eigenvalue weighted by Crippen LogP contribution is -2.29. The van der Waals surface area contributed by atoms with Crippen molar-refractivity contribution in [2.24, 2.45) is 0 Å². The number of thioether (sulfide) groups is 1. The number of nitrogens with one attached hydrogen (secondary N) is 1. The second-order valence-corrected chi connectivity index (χ2v) is 3.59. The zero-order valence-corrected chi connectivity index (χ0v) is 7.78. The van der Waals surface area contributed by atoms with E-state index in [-0.39, 0.29) is 6.03 Å². The average molecular weight is 174 g/mol. The number of carbonyl (C=O) groups excluding carboxylic acids is 1. The van der Waals surface area contributed by atoms with Gasteiger partial charge in [-0.2, -0.15) is 0 Å². The van der Waals surface area contributed by atoms with Gasteiger partial charge in [-0.15, -0.1) is 11.8 Å². The lowest BCUT2D eigenvalue weighted by Gasteiger charge is -2.03. The minimum absolute atomic E-state index is 0.0891. The van der Waals surface area contributed by atoms with Crippen molar-refractivity contribution in [3.05, 3.63) is 0 Å². The van der Waals surface area contributed by atoms with E-state index in [1.54, 1.807) is 11.8 Å². The average Bonchev–Trinajstić information content (AvgIpc) is 2.78. The molecule has 1 aliphatic rings. The molecule has 4 heteroatoms. The van der Waals surface area contributed by atoms with Crippen LogP contribution in [0.3, 0.4) is 0 Å². The Balaban J connectivity index is 2.12. The van der Waals surface area contributed by atoms with Crippen LogP contribution in [0.4, 0.5) is 4.79 Å². The monoisotopic (exact) mass is 174 g/mol. The minimum atomic E-state index is 0.0891. The number of amides is 2. The van der Waals surface area contributed by atoms with E-state index >= 15 is 0 Å². The highest BCUT2D eigenvalue weighted by Gasteiger charge is 2.37. The van der Waals surface area contributed by atoms with Crippen LogP contribution >= 0.6 is 11.8 Å². The molecule has 1 saturated heterocycles. The molecule has 1 heterocycles. The summed E-state index contributed by atoms with van der Waals surface area (Å²) in [6.07, 6.45) is 3.03. The van der Waals surface area contributed by atoms with E-state index in [0.717, 1.165) is 19.5 Å². The van der Waals surface area contributed by atoms with Gasteiger partial charge in [0.25, 0.3) is 0 Å². The Morgan fingerprint density at radius 3 is 3.00 bits per heavy atom. The van der Waals surface area contributed by atoms with Crippen molar-refractivity contribution in [1.82, 2.24) is 10.2 Å². The van der Waals surface area contributed by atoms with Crippen molar-refractivity contribution in [2.45, 2.75) is 18.7 Å². The maximum atomic E-state index is 11.1. The zero-order chi connectivity index (χ0) is 8.27. The molecule has 0 radical (unpaired) electrons. The standard InChI is InChI=1S/C7H14N2OS/c1-3-4-8-7(10)9-5-6(9)11-2/h6H,3-5H2,1-2H3,(H,8,10). The first kappa shape index (κ1) is 8.71. The van der Waals surface area contributed by atoms with E-state index in [4.69, 9.17) is 0 Å². The molecule has 2 amide bonds. The van der Waals surface area contributed by atoms with E-state index < -0.39 is 0 Å². The minimum Gasteiger partial charge on any atom is -0.338 e. The Labute approximate surface area is 71.5 Å². The largest absolute Gasteiger partial charge is 0.338 e. The molecular weight excluding hydrogens is 160 g/mol. The number of urea groups is 1. The Hall–Kier alpha value is -0.380. The summed E-state index contributed by atoms with van der Waals surface area (Å²) in [5, 5.41) is 3.27. The molecule has 0 spiro atoms. The fourth-order valence-electron chi connectivity index (χ4n) is 0.870. The van der Waals surface area contributed by atoms with Crippen LogP contribution in [0, 0.1) is 0 Å². The Morgan fingerprint density at radius 2 is 2.55 bits per heavy atom. The first-order valence-corrected chi connectivity index (χ1v) is 5.15. The predicted octanol–water partition coefficient (Wildman–Crippen LogP) is 1.11. The van der Waals surface area contributed by atoms with Gasteiger partial charge < -0.3 is 10.2 Å². The van der Waals surface area contributed by atoms with Gasteiger partial charge in [0.15, 0.2) is 0 Å². The molecule has 1 atom stereocenters. The molecule has 1 fully saturated rings. The third-order valence-corrected chi connectivity index (χ3v) is 2.57. The molecule has 11 heavy (non-hydrogen) atoms. The number of hydrogen-bond acceptors (Lipinski definition) is 2. The maximum Gasteiger partial charge on any atom is 0.318 e. The molecule has 1 unspecified atom stereocenters. The van der Waals surface area contributed by atoms with Crippen LogP contribution in [0.1, 0.15) is 13.3 Å². The van der Waals surface area contributed by atoms with Crippen molar-refractivity contribution in [3.63, 3.8) is 0 Å². The van der Waals surface area contributed by atoms with E-state index in [9.17, 15) is 4.79 Å². The fraction of sp³-hybridized carbons (Fsp3) is 0.857. The summed E-state index contributed by atoms with van der Waals surface area (Å²) in [7, 11) is 0. The highest BCUT2D eigenvalue weighted by molar-refractivity contribution is 7.99. The Morgan fingerprint density at radius 1 is 1.82 bits per heavy atom. The van der Waals surface area contributed by atoms with Gasteiger partial charge in [0.1, 0.15) is 0 Å². The van der Waals surface area contributed by atoms with Crippen LogP contribution in [0.2, 0.25) is 0 Å². The van der Waals surface area contributed by atoms with E-state index in [1.165, 1.54) is 0 Å². The summed E-state index contributed by atoms with van der Waals surface area (Å²) in [5.41, 5.74) is 0. The van der Waals surface area contributed by atoms with Crippen molar-refractivity contribution >= 4 is 17.8 Å². The molecule has 3 nitrogen and oxygen atoms in total. The lowest BCUT2D eigenvalue weighted by atomic mass is 10.5. The molecule has 0 saturated carbocycles. The topological polar surface area (TPSA) is 32.1 Å². The van der Waals surface area contributed by atoms with Crippen LogP contribution in [0.5, 0.6) is 0 Å². The van der Waals surface area contributed by atoms with Gasteiger partial charge in [0, 0.05) is 6.54 Å². The maximum absolute atomic E-state index is 11.1. The molecule has 1 N–H and O–H groups in total. The lowest BCUT2D eigenvalue weighted by molar-refractivity contribution is 0.229. The molecule has 0 aromatic heterocycles. The van der Waals surface area contributed by atoms with Crippen LogP contribution in [0.25, 0.3) is 0 Å². The van der Waals surface area contributed by atoms with Crippen LogP contribution in [0.15, 0.2) is 0 Å². The molecule has 0 aromatic carbocycles. The van der Waals surface area contributed by atoms with Crippen LogP contribution in [-0.2, 0) is 0 Å². The second-order valence-electron chi connectivity index (χ2n) is 2.57. The molecule has 0 bridgehead atoms. The van der Waals surface area contributed by atoms with Gasteiger partial charge in [0.05, 0.1) is 11.9 Å². The highest BCUT2D eigenvalue weighted by Crippen LogP contribution is 2.26. The normalized spacial score (nSPS) is 21.6. The van der Waals surface area contributed by atoms with E-state index in [1.807, 2.05) is 11.2 Å². The first-order valence-electron chi connectivity index (χ1n) is 3.87. The van der Waals surface area contributed by atoms with E-state index in [0.29, 0.717) is 5.37 Å². The fourth-order valence-corrected chi connectivity index (χ4v) is 1.53. The smallest absolute Gasteiger partial charge is 0.318 e. The zero-order valence-electron chi connectivity index (χ0n) is 6.96. The quantitative estimate of drug-likeness (QED) is 0.650. The SMILES string of the molecule is CCCNC(=O)N1CC1SC. The number of hydrogen-bond donors (Lipinski definition) is 1. The summed E-state index contributed by atoms with van der Waals surface area (Å²) >= 11 is 1.73. The molecule has 1 aliphatic heterocycles. The van der Waals surface area contributed by atoms with Gasteiger partial charge in [-0.3, -0.25) is 0 Å². The molecule has 0 aromatic rings. The highest BCUT2D eigenvalue weighted by atomic mass is 32.2. The van der Waals surface area contributed by atoms with Crippen molar-refractivity contribution in [2.75, 3.05) is 19.3 Å². The molecule has 0 aliphatic carbocycles. The summed E-state index contributed by atoms with van der Waals surface area (Å²) in [4.78, 5) is 13.0. The van der Waals surface area contributed by atoms with Gasteiger partial charge in [0.2, 0.25) is 0 Å². The molecule has 64 valence electrons. The summed E-state index contributed by atoms with van der Waals surface area (Å²) in [5.74, 6) is 0. The third-order valence-electron chi connectivity index (χ3n) is 1.63. The summed E-state index contributed by atoms with van der Waals surface area (Å²) in [6, 6.07) is 0.0891. The summed E-state index contributed by atoms with van der Waals surface area (Å²) in [6.45, 7) is 3.75. The van der Waals surface area contributed by atoms with E-state index in [2.05, 4.69) is 12.2 Å². The summed E-state index contributed by atoms with van der Waals surface area (Å²) < 4.78 is 0.